The number of carbonyl (C=O) groups excluding carboxylic acids is 2. The van der Waals surface area contributed by atoms with Crippen LogP contribution in [0.4, 0.5) is 18.9 Å². The van der Waals surface area contributed by atoms with Gasteiger partial charge in [-0.1, -0.05) is 62.4 Å². The third kappa shape index (κ3) is 8.80. The van der Waals surface area contributed by atoms with Gasteiger partial charge in [0.25, 0.3) is 5.91 Å². The predicted octanol–water partition coefficient (Wildman–Crippen LogP) is 6.14. The molecule has 39 heavy (non-hydrogen) atoms. The molecule has 0 spiro atoms. The molecule has 0 aliphatic heterocycles. The van der Waals surface area contributed by atoms with Crippen molar-refractivity contribution < 1.29 is 31.9 Å². The van der Waals surface area contributed by atoms with Gasteiger partial charge in [0.2, 0.25) is 5.91 Å². The Labute approximate surface area is 225 Å². The van der Waals surface area contributed by atoms with Crippen LogP contribution in [0.2, 0.25) is 0 Å². The fourth-order valence-electron chi connectivity index (χ4n) is 4.72. The van der Waals surface area contributed by atoms with Crippen molar-refractivity contribution in [2.24, 2.45) is 5.92 Å². The van der Waals surface area contributed by atoms with E-state index in [1.807, 2.05) is 30.3 Å². The fraction of sp³-hybridized carbons (Fsp3) is 0.379. The Morgan fingerprint density at radius 2 is 1.64 bits per heavy atom. The first-order chi connectivity index (χ1) is 18.8. The van der Waals surface area contributed by atoms with Crippen LogP contribution in [0.5, 0.6) is 5.75 Å². The number of nitrogens with one attached hydrogen (secondary N) is 3. The van der Waals surface area contributed by atoms with Gasteiger partial charge in [-0.25, -0.2) is 0 Å². The molecule has 1 aliphatic rings. The van der Waals surface area contributed by atoms with Crippen LogP contribution in [0.15, 0.2) is 71.1 Å². The minimum Gasteiger partial charge on any atom is -0.451 e. The summed E-state index contributed by atoms with van der Waals surface area (Å²) in [6.07, 6.45) is 1.25. The van der Waals surface area contributed by atoms with Gasteiger partial charge in [-0.15, -0.1) is 13.2 Å². The summed E-state index contributed by atoms with van der Waals surface area (Å²) in [6, 6.07) is 17.4. The summed E-state index contributed by atoms with van der Waals surface area (Å²) in [5, 5.41) is 8.75. The Kier molecular flexibility index (Phi) is 9.51. The van der Waals surface area contributed by atoms with Crippen molar-refractivity contribution in [3.05, 3.63) is 72.5 Å². The topological polar surface area (TPSA) is 92.6 Å². The normalized spacial score (nSPS) is 14.8. The van der Waals surface area contributed by atoms with E-state index in [2.05, 4.69) is 20.7 Å². The quantitative estimate of drug-likeness (QED) is 0.253. The van der Waals surface area contributed by atoms with E-state index in [0.717, 1.165) is 31.2 Å². The molecule has 0 bridgehead atoms. The molecule has 1 heterocycles. The second-order valence-electron chi connectivity index (χ2n) is 9.59. The molecule has 3 N–H and O–H groups in total. The lowest BCUT2D eigenvalue weighted by Gasteiger charge is -2.26. The van der Waals surface area contributed by atoms with E-state index >= 15 is 0 Å². The molecule has 1 atom stereocenters. The van der Waals surface area contributed by atoms with Gasteiger partial charge < -0.3 is 25.1 Å². The highest BCUT2D eigenvalue weighted by Gasteiger charge is 2.31. The van der Waals surface area contributed by atoms with Crippen LogP contribution < -0.4 is 20.7 Å². The number of halogens is 3. The van der Waals surface area contributed by atoms with Crippen molar-refractivity contribution in [3.8, 4) is 17.1 Å². The Hall–Kier alpha value is -3.95. The summed E-state index contributed by atoms with van der Waals surface area (Å²) in [6.45, 7) is 0.601. The SMILES string of the molecule is O=C(N[C@@H](CC1CCCCC1)C(=O)NCCNc1ccc(OC(F)(F)F)cc1)c1ccc(-c2ccccc2)o1. The van der Waals surface area contributed by atoms with Gasteiger partial charge in [-0.2, -0.15) is 0 Å². The molecular weight excluding hydrogens is 511 g/mol. The number of alkyl halides is 3. The highest BCUT2D eigenvalue weighted by atomic mass is 19.4. The van der Waals surface area contributed by atoms with Crippen LogP contribution in [0.1, 0.15) is 49.1 Å². The summed E-state index contributed by atoms with van der Waals surface area (Å²) in [5.74, 6) is -0.00290. The second-order valence-corrected chi connectivity index (χ2v) is 9.59. The van der Waals surface area contributed by atoms with Crippen LogP contribution in [0.3, 0.4) is 0 Å². The summed E-state index contributed by atoms with van der Waals surface area (Å²) in [4.78, 5) is 26.1. The summed E-state index contributed by atoms with van der Waals surface area (Å²) < 4.78 is 46.6. The van der Waals surface area contributed by atoms with Crippen LogP contribution in [-0.4, -0.2) is 37.3 Å². The molecule has 1 fully saturated rings. The van der Waals surface area contributed by atoms with Crippen LogP contribution >= 0.6 is 0 Å². The summed E-state index contributed by atoms with van der Waals surface area (Å²) in [5.41, 5.74) is 1.43. The standard InChI is InChI=1S/C29H32F3N3O4/c30-29(31,32)39-23-13-11-22(12-14-23)33-17-18-34-27(36)24(19-20-7-3-1-4-8-20)35-28(37)26-16-15-25(38-26)21-9-5-2-6-10-21/h2,5-6,9-16,20,24,33H,1,3-4,7-8,17-19H2,(H,34,36)(H,35,37)/t24-/m0/s1. The average molecular weight is 544 g/mol. The molecule has 1 saturated carbocycles. The number of furan rings is 1. The van der Waals surface area contributed by atoms with Crippen molar-refractivity contribution in [1.82, 2.24) is 10.6 Å². The van der Waals surface area contributed by atoms with E-state index in [9.17, 15) is 22.8 Å². The molecule has 2 amide bonds. The number of carbonyl (C=O) groups is 2. The summed E-state index contributed by atoms with van der Waals surface area (Å²) in [7, 11) is 0. The van der Waals surface area contributed by atoms with Gasteiger partial charge >= 0.3 is 6.36 Å². The van der Waals surface area contributed by atoms with E-state index in [-0.39, 0.29) is 24.0 Å². The van der Waals surface area contributed by atoms with Gasteiger partial charge in [0.1, 0.15) is 17.6 Å². The van der Waals surface area contributed by atoms with Crippen molar-refractivity contribution >= 4 is 17.5 Å². The van der Waals surface area contributed by atoms with E-state index in [4.69, 9.17) is 4.42 Å². The van der Waals surface area contributed by atoms with Gasteiger partial charge in [0, 0.05) is 24.3 Å². The molecule has 208 valence electrons. The summed E-state index contributed by atoms with van der Waals surface area (Å²) >= 11 is 0. The molecule has 3 aromatic rings. The molecule has 1 aliphatic carbocycles. The lowest BCUT2D eigenvalue weighted by atomic mass is 9.84. The lowest BCUT2D eigenvalue weighted by Crippen LogP contribution is -2.48. The Bertz CT molecular complexity index is 1210. The zero-order valence-corrected chi connectivity index (χ0v) is 21.4. The van der Waals surface area contributed by atoms with Crippen molar-refractivity contribution in [2.75, 3.05) is 18.4 Å². The minimum absolute atomic E-state index is 0.134. The van der Waals surface area contributed by atoms with Gasteiger partial charge in [-0.05, 0) is 48.7 Å². The van der Waals surface area contributed by atoms with Gasteiger partial charge in [0.15, 0.2) is 5.76 Å². The Balaban J connectivity index is 1.31. The highest BCUT2D eigenvalue weighted by molar-refractivity contribution is 5.96. The highest BCUT2D eigenvalue weighted by Crippen LogP contribution is 2.28. The van der Waals surface area contributed by atoms with Crippen LogP contribution in [-0.2, 0) is 4.79 Å². The average Bonchev–Trinajstić information content (AvgIpc) is 3.42. The third-order valence-corrected chi connectivity index (χ3v) is 6.64. The molecule has 2 aromatic carbocycles. The number of anilines is 1. The van der Waals surface area contributed by atoms with Crippen LogP contribution in [0.25, 0.3) is 11.3 Å². The first-order valence-corrected chi connectivity index (χ1v) is 13.1. The second kappa shape index (κ2) is 13.2. The van der Waals surface area contributed by atoms with Crippen LogP contribution in [0, 0.1) is 5.92 Å². The number of amides is 2. The molecule has 10 heteroatoms. The Morgan fingerprint density at radius 1 is 0.923 bits per heavy atom. The molecule has 7 nitrogen and oxygen atoms in total. The lowest BCUT2D eigenvalue weighted by molar-refractivity contribution is -0.274. The molecule has 0 unspecified atom stereocenters. The van der Waals surface area contributed by atoms with Crippen molar-refractivity contribution in [3.63, 3.8) is 0 Å². The predicted molar refractivity (Wildman–Crippen MR) is 141 cm³/mol. The number of rotatable bonds is 11. The first kappa shape index (κ1) is 28.1. The molecule has 1 aromatic heterocycles. The molecule has 0 saturated heterocycles. The van der Waals surface area contributed by atoms with E-state index < -0.39 is 18.3 Å². The fourth-order valence-corrected chi connectivity index (χ4v) is 4.72. The van der Waals surface area contributed by atoms with Crippen molar-refractivity contribution in [1.29, 1.82) is 0 Å². The molecular formula is C29H32F3N3O4. The van der Waals surface area contributed by atoms with E-state index in [0.29, 0.717) is 30.3 Å². The zero-order chi connectivity index (χ0) is 27.7. The Morgan fingerprint density at radius 3 is 2.33 bits per heavy atom. The maximum atomic E-state index is 13.1. The molecule has 4 rings (SSSR count). The maximum absolute atomic E-state index is 13.1. The molecule has 0 radical (unpaired) electrons. The number of hydrogen-bond donors (Lipinski definition) is 3. The smallest absolute Gasteiger partial charge is 0.451 e. The van der Waals surface area contributed by atoms with E-state index in [1.165, 1.54) is 30.7 Å². The van der Waals surface area contributed by atoms with Crippen molar-refractivity contribution in [2.45, 2.75) is 50.9 Å². The minimum atomic E-state index is -4.75. The number of ether oxygens (including phenoxy) is 1. The maximum Gasteiger partial charge on any atom is 0.573 e. The number of benzene rings is 2. The largest absolute Gasteiger partial charge is 0.573 e. The number of hydrogen-bond acceptors (Lipinski definition) is 5. The van der Waals surface area contributed by atoms with E-state index in [1.54, 1.807) is 12.1 Å². The monoisotopic (exact) mass is 543 g/mol. The van der Waals surface area contributed by atoms with Gasteiger partial charge in [-0.3, -0.25) is 9.59 Å². The third-order valence-electron chi connectivity index (χ3n) is 6.64. The van der Waals surface area contributed by atoms with Gasteiger partial charge in [0.05, 0.1) is 0 Å². The first-order valence-electron chi connectivity index (χ1n) is 13.1. The zero-order valence-electron chi connectivity index (χ0n) is 21.4.